The fraction of sp³-hybridized carbons (Fsp3) is 0.0909. The van der Waals surface area contributed by atoms with Crippen molar-refractivity contribution >= 4 is 39.3 Å². The molecule has 3 aromatic carbocycles. The Morgan fingerprint density at radius 1 is 1.06 bits per heavy atom. The van der Waals surface area contributed by atoms with Crippen molar-refractivity contribution in [3.05, 3.63) is 81.9 Å². The Bertz CT molecular complexity index is 1410. The van der Waals surface area contributed by atoms with Gasteiger partial charge in [0.1, 0.15) is 5.69 Å². The number of methoxy groups -OCH3 is 2. The van der Waals surface area contributed by atoms with Crippen molar-refractivity contribution in [1.29, 1.82) is 0 Å². The number of sulfonamides is 1. The minimum absolute atomic E-state index is 0.0713. The minimum Gasteiger partial charge on any atom is -0.493 e. The van der Waals surface area contributed by atoms with Gasteiger partial charge in [-0.15, -0.1) is 0 Å². The molecule has 3 rings (SSSR count). The van der Waals surface area contributed by atoms with Crippen molar-refractivity contribution in [3.8, 4) is 11.5 Å². The van der Waals surface area contributed by atoms with E-state index < -0.39 is 31.5 Å². The third-order valence-corrected chi connectivity index (χ3v) is 6.06. The van der Waals surface area contributed by atoms with E-state index in [1.165, 1.54) is 50.8 Å². The molecule has 0 heterocycles. The number of ether oxygens (including phenoxy) is 2. The number of nitrogens with zero attached hydrogens (tertiary/aromatic N) is 2. The predicted octanol–water partition coefficient (Wildman–Crippen LogP) is 3.56. The number of carboxylic acid groups (broad SMARTS) is 1. The Balaban J connectivity index is 1.89. The van der Waals surface area contributed by atoms with E-state index in [1.54, 1.807) is 18.2 Å². The van der Waals surface area contributed by atoms with Crippen molar-refractivity contribution < 1.29 is 32.7 Å². The molecule has 0 fully saturated rings. The van der Waals surface area contributed by atoms with Gasteiger partial charge in [0.05, 0.1) is 41.5 Å². The lowest BCUT2D eigenvalue weighted by molar-refractivity contribution is -0.384. The van der Waals surface area contributed by atoms with Gasteiger partial charge in [-0.1, -0.05) is 18.2 Å². The number of carboxylic acids is 1. The molecule has 0 unspecified atom stereocenters. The SMILES string of the molecule is COc1cccc(C=NNc2ccc(S(=O)(=O)Nc3ccccc3C(=O)O)cc2[N+](=O)[O-])c1OC. The predicted molar refractivity (Wildman–Crippen MR) is 128 cm³/mol. The number of aromatic carboxylic acids is 1. The average Bonchev–Trinajstić information content (AvgIpc) is 2.83. The molecule has 0 saturated carbocycles. The largest absolute Gasteiger partial charge is 0.493 e. The maximum absolute atomic E-state index is 12.8. The van der Waals surface area contributed by atoms with Crippen molar-refractivity contribution in [1.82, 2.24) is 0 Å². The molecular formula is C22H20N4O8S. The van der Waals surface area contributed by atoms with Gasteiger partial charge in [0.15, 0.2) is 11.5 Å². The minimum atomic E-state index is -4.34. The van der Waals surface area contributed by atoms with E-state index in [0.717, 1.165) is 12.1 Å². The van der Waals surface area contributed by atoms with Crippen LogP contribution in [0.5, 0.6) is 11.5 Å². The van der Waals surface area contributed by atoms with Crippen molar-refractivity contribution in [3.63, 3.8) is 0 Å². The van der Waals surface area contributed by atoms with Gasteiger partial charge in [-0.3, -0.25) is 20.3 Å². The summed E-state index contributed by atoms with van der Waals surface area (Å²) >= 11 is 0. The first-order valence-corrected chi connectivity index (χ1v) is 11.3. The first kappa shape index (κ1) is 25.0. The first-order valence-electron chi connectivity index (χ1n) is 9.81. The molecule has 0 aliphatic heterocycles. The molecule has 13 heteroatoms. The zero-order chi connectivity index (χ0) is 25.6. The quantitative estimate of drug-likeness (QED) is 0.214. The maximum atomic E-state index is 12.8. The van der Waals surface area contributed by atoms with Gasteiger partial charge in [-0.2, -0.15) is 5.10 Å². The van der Waals surface area contributed by atoms with E-state index >= 15 is 0 Å². The van der Waals surface area contributed by atoms with E-state index in [4.69, 9.17) is 9.47 Å². The van der Waals surface area contributed by atoms with Gasteiger partial charge in [-0.05, 0) is 36.4 Å². The molecule has 0 aliphatic rings. The zero-order valence-corrected chi connectivity index (χ0v) is 19.3. The number of hydrazone groups is 1. The summed E-state index contributed by atoms with van der Waals surface area (Å²) in [6.45, 7) is 0. The summed E-state index contributed by atoms with van der Waals surface area (Å²) in [7, 11) is -1.41. The summed E-state index contributed by atoms with van der Waals surface area (Å²) in [4.78, 5) is 21.7. The lowest BCUT2D eigenvalue weighted by Crippen LogP contribution is -2.16. The topological polar surface area (TPSA) is 169 Å². The van der Waals surface area contributed by atoms with Crippen LogP contribution < -0.4 is 19.6 Å². The van der Waals surface area contributed by atoms with Crippen LogP contribution in [0.4, 0.5) is 17.1 Å². The molecule has 0 radical (unpaired) electrons. The summed E-state index contributed by atoms with van der Waals surface area (Å²) in [5.74, 6) is -0.461. The summed E-state index contributed by atoms with van der Waals surface area (Å²) < 4.78 is 38.2. The van der Waals surface area contributed by atoms with E-state index in [0.29, 0.717) is 17.1 Å². The van der Waals surface area contributed by atoms with Crippen molar-refractivity contribution in [2.24, 2.45) is 5.10 Å². The van der Waals surface area contributed by atoms with Crippen LogP contribution in [0.15, 0.2) is 70.7 Å². The Labute approximate surface area is 200 Å². The molecule has 0 aliphatic carbocycles. The lowest BCUT2D eigenvalue weighted by atomic mass is 10.2. The number of rotatable bonds is 10. The molecule has 3 N–H and O–H groups in total. The Hall–Kier alpha value is -4.65. The first-order chi connectivity index (χ1) is 16.7. The molecule has 0 spiro atoms. The standard InChI is InChI=1S/C22H20N4O8S/c1-33-20-9-5-6-14(21(20)34-2)13-23-24-18-11-10-15(12-19(18)26(29)30)35(31,32)25-17-8-4-3-7-16(17)22(27)28/h3-13,24-25H,1-2H3,(H,27,28). The number of hydrogen-bond acceptors (Lipinski definition) is 9. The average molecular weight is 500 g/mol. The fourth-order valence-electron chi connectivity index (χ4n) is 3.07. The Morgan fingerprint density at radius 3 is 2.46 bits per heavy atom. The molecule has 35 heavy (non-hydrogen) atoms. The molecule has 182 valence electrons. The maximum Gasteiger partial charge on any atom is 0.337 e. The Morgan fingerprint density at radius 2 is 1.80 bits per heavy atom. The van der Waals surface area contributed by atoms with Gasteiger partial charge in [0, 0.05) is 11.6 Å². The zero-order valence-electron chi connectivity index (χ0n) is 18.5. The number of benzene rings is 3. The molecule has 0 atom stereocenters. The van der Waals surface area contributed by atoms with Crippen LogP contribution in [-0.2, 0) is 10.0 Å². The number of nitrogens with one attached hydrogen (secondary N) is 2. The third-order valence-electron chi connectivity index (χ3n) is 4.70. The number of nitro benzene ring substituents is 1. The van der Waals surface area contributed by atoms with Gasteiger partial charge in [0.2, 0.25) is 0 Å². The van der Waals surface area contributed by atoms with Crippen molar-refractivity contribution in [2.45, 2.75) is 4.90 Å². The second-order valence-corrected chi connectivity index (χ2v) is 8.53. The van der Waals surface area contributed by atoms with Crippen LogP contribution >= 0.6 is 0 Å². The monoisotopic (exact) mass is 500 g/mol. The van der Waals surface area contributed by atoms with Crippen LogP contribution in [0.3, 0.4) is 0 Å². The molecule has 0 bridgehead atoms. The van der Waals surface area contributed by atoms with Crippen LogP contribution in [0, 0.1) is 10.1 Å². The second-order valence-electron chi connectivity index (χ2n) is 6.85. The van der Waals surface area contributed by atoms with Crippen LogP contribution in [-0.4, -0.2) is 44.9 Å². The summed E-state index contributed by atoms with van der Waals surface area (Å²) in [6.07, 6.45) is 1.36. The normalized spacial score (nSPS) is 11.1. The highest BCUT2D eigenvalue weighted by Gasteiger charge is 2.23. The molecule has 12 nitrogen and oxygen atoms in total. The Kier molecular flexibility index (Phi) is 7.51. The number of hydrogen-bond donors (Lipinski definition) is 3. The molecular weight excluding hydrogens is 480 g/mol. The van der Waals surface area contributed by atoms with E-state index in [-0.39, 0.29) is 16.9 Å². The van der Waals surface area contributed by atoms with Gasteiger partial charge >= 0.3 is 5.97 Å². The number of nitro groups is 1. The molecule has 3 aromatic rings. The highest BCUT2D eigenvalue weighted by Crippen LogP contribution is 2.31. The van der Waals surface area contributed by atoms with E-state index in [9.17, 15) is 28.4 Å². The molecule has 0 saturated heterocycles. The summed E-state index contributed by atoms with van der Waals surface area (Å²) in [6, 6.07) is 13.6. The van der Waals surface area contributed by atoms with Crippen molar-refractivity contribution in [2.75, 3.05) is 24.4 Å². The smallest absolute Gasteiger partial charge is 0.337 e. The molecule has 0 aromatic heterocycles. The molecule has 0 amide bonds. The fourth-order valence-corrected chi connectivity index (χ4v) is 4.17. The summed E-state index contributed by atoms with van der Waals surface area (Å²) in [5, 5.41) is 24.8. The highest BCUT2D eigenvalue weighted by atomic mass is 32.2. The van der Waals surface area contributed by atoms with Gasteiger partial charge in [-0.25, -0.2) is 13.2 Å². The van der Waals surface area contributed by atoms with Crippen LogP contribution in [0.2, 0.25) is 0 Å². The highest BCUT2D eigenvalue weighted by molar-refractivity contribution is 7.92. The van der Waals surface area contributed by atoms with E-state index in [2.05, 4.69) is 15.2 Å². The van der Waals surface area contributed by atoms with Gasteiger partial charge in [0.25, 0.3) is 15.7 Å². The van der Waals surface area contributed by atoms with Crippen LogP contribution in [0.1, 0.15) is 15.9 Å². The van der Waals surface area contributed by atoms with Gasteiger partial charge < -0.3 is 14.6 Å². The van der Waals surface area contributed by atoms with E-state index in [1.807, 2.05) is 0 Å². The number of carbonyl (C=O) groups is 1. The number of anilines is 2. The second kappa shape index (κ2) is 10.5. The number of para-hydroxylation sites is 2. The third kappa shape index (κ3) is 5.65. The summed E-state index contributed by atoms with van der Waals surface area (Å²) in [5.41, 5.74) is 1.97. The van der Waals surface area contributed by atoms with Crippen LogP contribution in [0.25, 0.3) is 0 Å². The lowest BCUT2D eigenvalue weighted by Gasteiger charge is -2.11.